The lowest BCUT2D eigenvalue weighted by Gasteiger charge is -2.11. The maximum absolute atomic E-state index is 12.1. The number of benzene rings is 2. The molecule has 0 aliphatic rings. The second kappa shape index (κ2) is 7.58. The van der Waals surface area contributed by atoms with Crippen molar-refractivity contribution in [1.29, 1.82) is 0 Å². The lowest BCUT2D eigenvalue weighted by atomic mass is 10.2. The highest BCUT2D eigenvalue weighted by Gasteiger charge is 2.10. The number of methoxy groups -OCH3 is 1. The van der Waals surface area contributed by atoms with E-state index in [0.717, 1.165) is 4.47 Å². The Kier molecular flexibility index (Phi) is 5.76. The molecule has 0 radical (unpaired) electrons. The van der Waals surface area contributed by atoms with Gasteiger partial charge in [0.15, 0.2) is 5.11 Å². The van der Waals surface area contributed by atoms with Gasteiger partial charge in [0.2, 0.25) is 0 Å². The van der Waals surface area contributed by atoms with Crippen LogP contribution in [-0.2, 0) is 0 Å². The molecule has 114 valence electrons. The third-order valence-electron chi connectivity index (χ3n) is 2.74. The lowest BCUT2D eigenvalue weighted by Crippen LogP contribution is -2.34. The smallest absolute Gasteiger partial charge is 0.257 e. The molecule has 0 aromatic heterocycles. The number of thiocarbonyl (C=S) groups is 1. The van der Waals surface area contributed by atoms with Crippen molar-refractivity contribution in [2.45, 2.75) is 0 Å². The highest BCUT2D eigenvalue weighted by Crippen LogP contribution is 2.25. The van der Waals surface area contributed by atoms with Crippen LogP contribution in [0.25, 0.3) is 0 Å². The third kappa shape index (κ3) is 4.43. The number of carbonyl (C=O) groups excluding carboxylic acids is 1. The van der Waals surface area contributed by atoms with Crippen LogP contribution in [0.1, 0.15) is 10.4 Å². The predicted octanol–water partition coefficient (Wildman–Crippen LogP) is 4.24. The molecular weight excluding hydrogens is 388 g/mol. The van der Waals surface area contributed by atoms with Crippen LogP contribution in [0.4, 0.5) is 5.69 Å². The molecule has 0 saturated carbocycles. The van der Waals surface area contributed by atoms with Gasteiger partial charge in [-0.25, -0.2) is 0 Å². The fourth-order valence-corrected chi connectivity index (χ4v) is 2.61. The van der Waals surface area contributed by atoms with Crippen molar-refractivity contribution >= 4 is 56.5 Å². The molecule has 2 aromatic rings. The van der Waals surface area contributed by atoms with Crippen molar-refractivity contribution in [3.8, 4) is 5.75 Å². The zero-order chi connectivity index (χ0) is 16.1. The van der Waals surface area contributed by atoms with Gasteiger partial charge in [-0.1, -0.05) is 33.6 Å². The molecule has 7 heteroatoms. The maximum atomic E-state index is 12.1. The van der Waals surface area contributed by atoms with Gasteiger partial charge in [-0.3, -0.25) is 10.1 Å². The van der Waals surface area contributed by atoms with Crippen LogP contribution < -0.4 is 15.4 Å². The third-order valence-corrected chi connectivity index (χ3v) is 3.75. The molecule has 0 aliphatic heterocycles. The number of rotatable bonds is 3. The number of amides is 1. The van der Waals surface area contributed by atoms with Gasteiger partial charge in [-0.05, 0) is 48.6 Å². The molecule has 0 atom stereocenters. The first kappa shape index (κ1) is 16.7. The van der Waals surface area contributed by atoms with Crippen LogP contribution in [-0.4, -0.2) is 18.1 Å². The van der Waals surface area contributed by atoms with E-state index >= 15 is 0 Å². The minimum Gasteiger partial charge on any atom is -0.497 e. The van der Waals surface area contributed by atoms with E-state index in [2.05, 4.69) is 26.6 Å². The average Bonchev–Trinajstić information content (AvgIpc) is 2.50. The summed E-state index contributed by atoms with van der Waals surface area (Å²) in [6.45, 7) is 0. The predicted molar refractivity (Wildman–Crippen MR) is 95.8 cm³/mol. The summed E-state index contributed by atoms with van der Waals surface area (Å²) >= 11 is 14.5. The Morgan fingerprint density at radius 3 is 2.73 bits per heavy atom. The van der Waals surface area contributed by atoms with E-state index in [1.807, 2.05) is 6.07 Å². The zero-order valence-corrected chi connectivity index (χ0v) is 14.7. The largest absolute Gasteiger partial charge is 0.497 e. The van der Waals surface area contributed by atoms with E-state index in [9.17, 15) is 4.79 Å². The van der Waals surface area contributed by atoms with Gasteiger partial charge in [-0.15, -0.1) is 0 Å². The minimum atomic E-state index is -0.329. The summed E-state index contributed by atoms with van der Waals surface area (Å²) in [5, 5.41) is 6.13. The number of halogens is 2. The second-order valence-corrected chi connectivity index (χ2v) is 6.00. The maximum Gasteiger partial charge on any atom is 0.257 e. The minimum absolute atomic E-state index is 0.164. The van der Waals surface area contributed by atoms with Crippen LogP contribution in [0.15, 0.2) is 46.9 Å². The van der Waals surface area contributed by atoms with Crippen molar-refractivity contribution in [1.82, 2.24) is 5.32 Å². The van der Waals surface area contributed by atoms with E-state index < -0.39 is 0 Å². The molecule has 0 aliphatic carbocycles. The van der Waals surface area contributed by atoms with Gasteiger partial charge >= 0.3 is 0 Å². The number of hydrogen-bond acceptors (Lipinski definition) is 3. The number of ether oxygens (including phenoxy) is 1. The molecule has 1 amide bonds. The molecule has 0 spiro atoms. The van der Waals surface area contributed by atoms with E-state index in [4.69, 9.17) is 28.6 Å². The van der Waals surface area contributed by atoms with Gasteiger partial charge in [0.1, 0.15) is 5.75 Å². The summed E-state index contributed by atoms with van der Waals surface area (Å²) in [7, 11) is 1.54. The molecule has 2 aromatic carbocycles. The summed E-state index contributed by atoms with van der Waals surface area (Å²) in [5.74, 6) is 0.270. The topological polar surface area (TPSA) is 50.4 Å². The zero-order valence-electron chi connectivity index (χ0n) is 11.5. The summed E-state index contributed by atoms with van der Waals surface area (Å²) < 4.78 is 5.94. The van der Waals surface area contributed by atoms with E-state index in [1.54, 1.807) is 43.5 Å². The van der Waals surface area contributed by atoms with Gasteiger partial charge in [0, 0.05) is 10.0 Å². The highest BCUT2D eigenvalue weighted by molar-refractivity contribution is 9.10. The van der Waals surface area contributed by atoms with Gasteiger partial charge in [0.25, 0.3) is 5.91 Å². The Morgan fingerprint density at radius 1 is 1.27 bits per heavy atom. The van der Waals surface area contributed by atoms with Crippen LogP contribution >= 0.6 is 39.7 Å². The molecule has 2 rings (SSSR count). The first-order valence-corrected chi connectivity index (χ1v) is 7.79. The van der Waals surface area contributed by atoms with Gasteiger partial charge in [-0.2, -0.15) is 0 Å². The molecule has 0 unspecified atom stereocenters. The van der Waals surface area contributed by atoms with E-state index in [-0.39, 0.29) is 11.0 Å². The first-order chi connectivity index (χ1) is 10.5. The van der Waals surface area contributed by atoms with Gasteiger partial charge < -0.3 is 10.1 Å². The molecule has 0 saturated heterocycles. The number of anilines is 1. The van der Waals surface area contributed by atoms with Crippen molar-refractivity contribution < 1.29 is 9.53 Å². The molecular formula is C15H12BrClN2O2S. The van der Waals surface area contributed by atoms with Crippen LogP contribution in [0.3, 0.4) is 0 Å². The van der Waals surface area contributed by atoms with Crippen molar-refractivity contribution in [2.24, 2.45) is 0 Å². The Labute approximate surface area is 146 Å². The normalized spacial score (nSPS) is 9.95. The Balaban J connectivity index is 2.03. The quantitative estimate of drug-likeness (QED) is 0.758. The van der Waals surface area contributed by atoms with Crippen molar-refractivity contribution in [2.75, 3.05) is 12.4 Å². The molecule has 0 fully saturated rings. The molecule has 0 heterocycles. The Bertz CT molecular complexity index is 724. The van der Waals surface area contributed by atoms with E-state index in [0.29, 0.717) is 22.0 Å². The van der Waals surface area contributed by atoms with Crippen LogP contribution in [0.2, 0.25) is 5.02 Å². The number of hydrogen-bond donors (Lipinski definition) is 2. The Hall–Kier alpha value is -1.63. The van der Waals surface area contributed by atoms with E-state index in [1.165, 1.54) is 0 Å². The molecule has 4 nitrogen and oxygen atoms in total. The average molecular weight is 400 g/mol. The molecule has 22 heavy (non-hydrogen) atoms. The summed E-state index contributed by atoms with van der Waals surface area (Å²) in [5.41, 5.74) is 1.06. The highest BCUT2D eigenvalue weighted by atomic mass is 79.9. The number of carbonyl (C=O) groups is 1. The lowest BCUT2D eigenvalue weighted by molar-refractivity contribution is 0.0977. The van der Waals surface area contributed by atoms with Crippen molar-refractivity contribution in [3.05, 3.63) is 57.5 Å². The monoisotopic (exact) mass is 398 g/mol. The fourth-order valence-electron chi connectivity index (χ4n) is 1.68. The fraction of sp³-hybridized carbons (Fsp3) is 0.0667. The molecule has 2 N–H and O–H groups in total. The van der Waals surface area contributed by atoms with Crippen molar-refractivity contribution in [3.63, 3.8) is 0 Å². The standard InChI is InChI=1S/C15H12BrClN2O2S/c1-21-11-4-2-3-9(7-11)14(20)19-15(22)18-13-6-5-10(16)8-12(13)17/h2-8H,1H3,(H2,18,19,20,22). The summed E-state index contributed by atoms with van der Waals surface area (Å²) in [4.78, 5) is 12.1. The van der Waals surface area contributed by atoms with Gasteiger partial charge in [0.05, 0.1) is 17.8 Å². The molecule has 0 bridgehead atoms. The second-order valence-electron chi connectivity index (χ2n) is 4.26. The number of nitrogens with one attached hydrogen (secondary N) is 2. The summed E-state index contributed by atoms with van der Waals surface area (Å²) in [6, 6.07) is 12.1. The van der Waals surface area contributed by atoms with Crippen LogP contribution in [0, 0.1) is 0 Å². The van der Waals surface area contributed by atoms with Crippen LogP contribution in [0.5, 0.6) is 5.75 Å². The Morgan fingerprint density at radius 2 is 2.05 bits per heavy atom. The SMILES string of the molecule is COc1cccc(C(=O)NC(=S)Nc2ccc(Br)cc2Cl)c1. The summed E-state index contributed by atoms with van der Waals surface area (Å²) in [6.07, 6.45) is 0. The first-order valence-electron chi connectivity index (χ1n) is 6.21.